The number of rotatable bonds is 3. The second-order valence-electron chi connectivity index (χ2n) is 4.71. The van der Waals surface area contributed by atoms with Crippen LogP contribution >= 0.6 is 0 Å². The van der Waals surface area contributed by atoms with E-state index in [0.717, 1.165) is 22.1 Å². The Morgan fingerprint density at radius 1 is 0.950 bits per heavy atom. The molecular weight excluding hydrogens is 248 g/mol. The van der Waals surface area contributed by atoms with E-state index >= 15 is 0 Å². The number of ketones is 1. The normalized spacial score (nSPS) is 11.2. The molecule has 0 fully saturated rings. The van der Waals surface area contributed by atoms with E-state index in [1.54, 1.807) is 6.07 Å². The average Bonchev–Trinajstić information content (AvgIpc) is 2.89. The number of hydrogen-bond donors (Lipinski definition) is 0. The number of furan rings is 1. The zero-order valence-corrected chi connectivity index (χ0v) is 11.2. The first-order valence-electron chi connectivity index (χ1n) is 6.50. The molecule has 1 heterocycles. The highest BCUT2D eigenvalue weighted by molar-refractivity contribution is 5.96. The van der Waals surface area contributed by atoms with Crippen LogP contribution in [-0.2, 0) is 0 Å². The van der Waals surface area contributed by atoms with Gasteiger partial charge in [0, 0.05) is 12.3 Å². The summed E-state index contributed by atoms with van der Waals surface area (Å²) in [5.41, 5.74) is 2.98. The van der Waals surface area contributed by atoms with Crippen molar-refractivity contribution in [2.75, 3.05) is 0 Å². The summed E-state index contributed by atoms with van der Waals surface area (Å²) in [5.74, 6) is 0.353. The molecule has 0 amide bonds. The van der Waals surface area contributed by atoms with Gasteiger partial charge in [0.25, 0.3) is 0 Å². The molecule has 0 aliphatic carbocycles. The topological polar surface area (TPSA) is 30.2 Å². The fraction of sp³-hybridized carbons (Fsp3) is 0.0556. The van der Waals surface area contributed by atoms with Crippen LogP contribution in [0.1, 0.15) is 28.6 Å². The molecule has 0 aliphatic rings. The Morgan fingerprint density at radius 2 is 1.70 bits per heavy atom. The minimum atomic E-state index is -0.0532. The third-order valence-electron chi connectivity index (χ3n) is 3.16. The smallest absolute Gasteiger partial charge is 0.194 e. The van der Waals surface area contributed by atoms with Crippen molar-refractivity contribution >= 4 is 28.9 Å². The quantitative estimate of drug-likeness (QED) is 0.501. The summed E-state index contributed by atoms with van der Waals surface area (Å²) in [6, 6.07) is 17.8. The number of benzene rings is 2. The van der Waals surface area contributed by atoms with Crippen molar-refractivity contribution < 1.29 is 9.21 Å². The molecule has 0 unspecified atom stereocenters. The lowest BCUT2D eigenvalue weighted by Crippen LogP contribution is -1.85. The minimum Gasteiger partial charge on any atom is -0.453 e. The first kappa shape index (κ1) is 12.4. The zero-order chi connectivity index (χ0) is 13.9. The lowest BCUT2D eigenvalue weighted by Gasteiger charge is -1.94. The molecule has 0 saturated carbocycles. The predicted molar refractivity (Wildman–Crippen MR) is 81.6 cm³/mol. The Hall–Kier alpha value is -2.61. The molecule has 3 aromatic rings. The summed E-state index contributed by atoms with van der Waals surface area (Å²) in [7, 11) is 0. The van der Waals surface area contributed by atoms with Gasteiger partial charge in [-0.05, 0) is 29.3 Å². The average molecular weight is 262 g/mol. The van der Waals surface area contributed by atoms with Crippen molar-refractivity contribution in [1.82, 2.24) is 0 Å². The first-order chi connectivity index (χ1) is 9.72. The molecule has 0 N–H and O–H groups in total. The molecule has 0 atom stereocenters. The first-order valence-corrected chi connectivity index (χ1v) is 6.50. The van der Waals surface area contributed by atoms with E-state index in [9.17, 15) is 4.79 Å². The van der Waals surface area contributed by atoms with Gasteiger partial charge in [-0.15, -0.1) is 0 Å². The Bertz CT molecular complexity index is 780. The summed E-state index contributed by atoms with van der Waals surface area (Å²) < 4.78 is 5.47. The molecule has 2 aromatic carbocycles. The minimum absolute atomic E-state index is 0.0532. The molecule has 0 aliphatic heterocycles. The molecular formula is C18H14O2. The van der Waals surface area contributed by atoms with E-state index in [1.807, 2.05) is 36.4 Å². The molecule has 2 heteroatoms. The lowest BCUT2D eigenvalue weighted by molar-refractivity contribution is 0.0989. The van der Waals surface area contributed by atoms with Gasteiger partial charge in [-0.2, -0.15) is 0 Å². The summed E-state index contributed by atoms with van der Waals surface area (Å²) >= 11 is 0. The maximum atomic E-state index is 11.3. The van der Waals surface area contributed by atoms with Gasteiger partial charge in [-0.25, -0.2) is 0 Å². The van der Waals surface area contributed by atoms with Crippen molar-refractivity contribution in [1.29, 1.82) is 0 Å². The molecule has 2 nitrogen and oxygen atoms in total. The Balaban J connectivity index is 1.93. The molecule has 20 heavy (non-hydrogen) atoms. The second kappa shape index (κ2) is 5.17. The number of hydrogen-bond acceptors (Lipinski definition) is 2. The van der Waals surface area contributed by atoms with Crippen LogP contribution in [0.5, 0.6) is 0 Å². The Kier molecular flexibility index (Phi) is 3.21. The molecule has 1 aromatic heterocycles. The summed E-state index contributed by atoms with van der Waals surface area (Å²) in [6.07, 6.45) is 4.11. The molecule has 0 saturated heterocycles. The Labute approximate surface area is 117 Å². The van der Waals surface area contributed by atoms with Crippen LogP contribution in [-0.4, -0.2) is 5.78 Å². The van der Waals surface area contributed by atoms with E-state index in [0.29, 0.717) is 5.76 Å². The van der Waals surface area contributed by atoms with Crippen LogP contribution in [0.25, 0.3) is 23.1 Å². The highest BCUT2D eigenvalue weighted by atomic mass is 16.3. The van der Waals surface area contributed by atoms with E-state index in [1.165, 1.54) is 6.92 Å². The van der Waals surface area contributed by atoms with Crippen LogP contribution in [0, 0.1) is 0 Å². The van der Waals surface area contributed by atoms with Gasteiger partial charge in [0.05, 0.1) is 0 Å². The lowest BCUT2D eigenvalue weighted by atomic mass is 10.1. The molecule has 3 rings (SSSR count). The maximum Gasteiger partial charge on any atom is 0.194 e. The number of carbonyl (C=O) groups excluding carboxylic acids is 1. The Morgan fingerprint density at radius 3 is 2.45 bits per heavy atom. The van der Waals surface area contributed by atoms with Gasteiger partial charge < -0.3 is 4.42 Å². The molecule has 0 bridgehead atoms. The number of carbonyl (C=O) groups is 1. The maximum absolute atomic E-state index is 11.3. The summed E-state index contributed by atoms with van der Waals surface area (Å²) in [5, 5.41) is 0.949. The van der Waals surface area contributed by atoms with Crippen LogP contribution in [0.2, 0.25) is 0 Å². The third kappa shape index (κ3) is 2.54. The highest BCUT2D eigenvalue weighted by Gasteiger charge is 2.07. The van der Waals surface area contributed by atoms with Crippen LogP contribution in [0.3, 0.4) is 0 Å². The van der Waals surface area contributed by atoms with Crippen molar-refractivity contribution in [2.24, 2.45) is 0 Å². The number of fused-ring (bicyclic) bond motifs is 1. The van der Waals surface area contributed by atoms with Crippen LogP contribution < -0.4 is 0 Å². The standard InChI is InChI=1S/C18H14O2/c1-13(19)18-12-16-11-15(9-10-17(16)20-18)8-7-14-5-3-2-4-6-14/h2-12H,1H3. The van der Waals surface area contributed by atoms with Crippen molar-refractivity contribution in [3.63, 3.8) is 0 Å². The number of Topliss-reactive ketones (excluding diaryl/α,β-unsaturated/α-hetero) is 1. The van der Waals surface area contributed by atoms with Gasteiger partial charge in [0.15, 0.2) is 11.5 Å². The highest BCUT2D eigenvalue weighted by Crippen LogP contribution is 2.22. The zero-order valence-electron chi connectivity index (χ0n) is 11.2. The van der Waals surface area contributed by atoms with Gasteiger partial charge >= 0.3 is 0 Å². The van der Waals surface area contributed by atoms with Gasteiger partial charge in [0.1, 0.15) is 5.58 Å². The van der Waals surface area contributed by atoms with E-state index < -0.39 is 0 Å². The van der Waals surface area contributed by atoms with E-state index in [2.05, 4.69) is 24.3 Å². The third-order valence-corrected chi connectivity index (χ3v) is 3.16. The predicted octanol–water partition coefficient (Wildman–Crippen LogP) is 4.81. The second-order valence-corrected chi connectivity index (χ2v) is 4.71. The van der Waals surface area contributed by atoms with E-state index in [4.69, 9.17) is 4.42 Å². The van der Waals surface area contributed by atoms with Gasteiger partial charge in [-0.1, -0.05) is 48.6 Å². The summed E-state index contributed by atoms with van der Waals surface area (Å²) in [6.45, 7) is 1.51. The summed E-state index contributed by atoms with van der Waals surface area (Å²) in [4.78, 5) is 11.3. The fourth-order valence-electron chi connectivity index (χ4n) is 2.10. The molecule has 0 radical (unpaired) electrons. The van der Waals surface area contributed by atoms with Crippen molar-refractivity contribution in [3.05, 3.63) is 71.5 Å². The van der Waals surface area contributed by atoms with Crippen LogP contribution in [0.15, 0.2) is 59.0 Å². The van der Waals surface area contributed by atoms with Gasteiger partial charge in [0.2, 0.25) is 0 Å². The van der Waals surface area contributed by atoms with Gasteiger partial charge in [-0.3, -0.25) is 4.79 Å². The fourth-order valence-corrected chi connectivity index (χ4v) is 2.10. The van der Waals surface area contributed by atoms with Crippen molar-refractivity contribution in [2.45, 2.75) is 6.92 Å². The largest absolute Gasteiger partial charge is 0.453 e. The van der Waals surface area contributed by atoms with E-state index in [-0.39, 0.29) is 5.78 Å². The van der Waals surface area contributed by atoms with Crippen molar-refractivity contribution in [3.8, 4) is 0 Å². The SMILES string of the molecule is CC(=O)c1cc2cc(C=Cc3ccccc3)ccc2o1. The monoisotopic (exact) mass is 262 g/mol. The molecule has 0 spiro atoms. The van der Waals surface area contributed by atoms with Crippen LogP contribution in [0.4, 0.5) is 0 Å². The molecule has 98 valence electrons.